The van der Waals surface area contributed by atoms with Gasteiger partial charge in [-0.05, 0) is 25.0 Å². The zero-order valence-electron chi connectivity index (χ0n) is 12.4. The normalized spacial score (nSPS) is 9.81. The summed E-state index contributed by atoms with van der Waals surface area (Å²) >= 11 is 0. The molecule has 2 rings (SSSR count). The van der Waals surface area contributed by atoms with Crippen LogP contribution in [-0.2, 0) is 11.2 Å². The first-order chi connectivity index (χ1) is 10.2. The van der Waals surface area contributed by atoms with E-state index in [0.717, 1.165) is 22.4 Å². The second-order valence-electron chi connectivity index (χ2n) is 5.08. The van der Waals surface area contributed by atoms with E-state index >= 15 is 0 Å². The van der Waals surface area contributed by atoms with E-state index in [1.54, 1.807) is 0 Å². The molecule has 0 fully saturated rings. The standard InChI is InChI=1S/C18H20N2O/c1-14(2)18(16-11-7-4-8-12-16)20-19-17(21)13-15-9-5-3-6-10-15/h3-12,20H,13H2,1-2H3,(H,19,21). The van der Waals surface area contributed by atoms with Gasteiger partial charge in [-0.25, -0.2) is 0 Å². The Balaban J connectivity index is 1.97. The Kier molecular flexibility index (Phi) is 5.16. The van der Waals surface area contributed by atoms with Gasteiger partial charge >= 0.3 is 0 Å². The number of carbonyl (C=O) groups excluding carboxylic acids is 1. The van der Waals surface area contributed by atoms with Crippen molar-refractivity contribution in [2.45, 2.75) is 20.3 Å². The van der Waals surface area contributed by atoms with Crippen LogP contribution in [0.1, 0.15) is 25.0 Å². The van der Waals surface area contributed by atoms with Crippen molar-refractivity contribution < 1.29 is 4.79 Å². The molecular weight excluding hydrogens is 260 g/mol. The van der Waals surface area contributed by atoms with Crippen LogP contribution in [0.15, 0.2) is 66.2 Å². The monoisotopic (exact) mass is 280 g/mol. The minimum Gasteiger partial charge on any atom is -0.298 e. The molecular formula is C18H20N2O. The molecule has 0 heterocycles. The quantitative estimate of drug-likeness (QED) is 0.825. The fraction of sp³-hybridized carbons (Fsp3) is 0.167. The topological polar surface area (TPSA) is 41.1 Å². The van der Waals surface area contributed by atoms with Crippen LogP contribution in [0.3, 0.4) is 0 Å². The molecule has 0 unspecified atom stereocenters. The van der Waals surface area contributed by atoms with Gasteiger partial charge in [0.2, 0.25) is 5.91 Å². The lowest BCUT2D eigenvalue weighted by Crippen LogP contribution is -2.37. The van der Waals surface area contributed by atoms with Crippen LogP contribution in [0.25, 0.3) is 5.70 Å². The van der Waals surface area contributed by atoms with Gasteiger partial charge in [-0.15, -0.1) is 0 Å². The number of carbonyl (C=O) groups is 1. The largest absolute Gasteiger partial charge is 0.298 e. The van der Waals surface area contributed by atoms with Crippen LogP contribution in [0, 0.1) is 0 Å². The van der Waals surface area contributed by atoms with E-state index in [9.17, 15) is 4.79 Å². The van der Waals surface area contributed by atoms with E-state index in [4.69, 9.17) is 0 Å². The highest BCUT2D eigenvalue weighted by molar-refractivity contribution is 5.79. The summed E-state index contributed by atoms with van der Waals surface area (Å²) in [5.41, 5.74) is 9.89. The van der Waals surface area contributed by atoms with Crippen molar-refractivity contribution in [3.8, 4) is 0 Å². The Morgan fingerprint density at radius 1 is 0.857 bits per heavy atom. The molecule has 0 saturated heterocycles. The van der Waals surface area contributed by atoms with Gasteiger partial charge in [0.25, 0.3) is 0 Å². The Labute approximate surface area is 125 Å². The molecule has 3 heteroatoms. The fourth-order valence-electron chi connectivity index (χ4n) is 2.05. The van der Waals surface area contributed by atoms with E-state index in [1.165, 1.54) is 0 Å². The molecule has 0 saturated carbocycles. The summed E-state index contributed by atoms with van der Waals surface area (Å²) in [5, 5.41) is 0. The number of amides is 1. The molecule has 2 aromatic rings. The molecule has 0 aliphatic rings. The highest BCUT2D eigenvalue weighted by atomic mass is 16.2. The number of benzene rings is 2. The molecule has 0 aliphatic carbocycles. The van der Waals surface area contributed by atoms with E-state index in [2.05, 4.69) is 10.9 Å². The summed E-state index contributed by atoms with van der Waals surface area (Å²) < 4.78 is 0. The van der Waals surface area contributed by atoms with E-state index in [0.29, 0.717) is 6.42 Å². The van der Waals surface area contributed by atoms with Gasteiger partial charge in [0.15, 0.2) is 0 Å². The minimum absolute atomic E-state index is 0.0594. The predicted octanol–water partition coefficient (Wildman–Crippen LogP) is 3.30. The lowest BCUT2D eigenvalue weighted by molar-refractivity contribution is -0.121. The number of hydrogen-bond acceptors (Lipinski definition) is 2. The van der Waals surface area contributed by atoms with Crippen LogP contribution in [0.5, 0.6) is 0 Å². The number of allylic oxidation sites excluding steroid dienone is 1. The molecule has 0 aromatic heterocycles. The SMILES string of the molecule is CC(C)=C(NNC(=O)Cc1ccccc1)c1ccccc1. The molecule has 0 atom stereocenters. The molecule has 2 N–H and O–H groups in total. The second kappa shape index (κ2) is 7.29. The lowest BCUT2D eigenvalue weighted by Gasteiger charge is -2.14. The summed E-state index contributed by atoms with van der Waals surface area (Å²) in [6, 6.07) is 19.6. The number of hydrogen-bond donors (Lipinski definition) is 2. The molecule has 0 aliphatic heterocycles. The molecule has 0 bridgehead atoms. The van der Waals surface area contributed by atoms with Crippen molar-refractivity contribution in [1.29, 1.82) is 0 Å². The Bertz CT molecular complexity index is 614. The third-order valence-corrected chi connectivity index (χ3v) is 3.10. The molecule has 0 spiro atoms. The first-order valence-electron chi connectivity index (χ1n) is 6.98. The van der Waals surface area contributed by atoms with Crippen LogP contribution >= 0.6 is 0 Å². The molecule has 0 radical (unpaired) electrons. The van der Waals surface area contributed by atoms with E-state index in [1.807, 2.05) is 74.5 Å². The van der Waals surface area contributed by atoms with Crippen molar-refractivity contribution in [3.05, 3.63) is 77.4 Å². The fourth-order valence-corrected chi connectivity index (χ4v) is 2.05. The number of nitrogens with one attached hydrogen (secondary N) is 2. The maximum Gasteiger partial charge on any atom is 0.242 e. The molecule has 3 nitrogen and oxygen atoms in total. The van der Waals surface area contributed by atoms with Crippen molar-refractivity contribution in [1.82, 2.24) is 10.9 Å². The molecule has 2 aromatic carbocycles. The number of rotatable bonds is 5. The van der Waals surface area contributed by atoms with Crippen molar-refractivity contribution in [2.75, 3.05) is 0 Å². The minimum atomic E-state index is -0.0594. The van der Waals surface area contributed by atoms with Gasteiger partial charge in [-0.1, -0.05) is 66.2 Å². The van der Waals surface area contributed by atoms with Crippen LogP contribution in [0.4, 0.5) is 0 Å². The van der Waals surface area contributed by atoms with Crippen LogP contribution < -0.4 is 10.9 Å². The van der Waals surface area contributed by atoms with Gasteiger partial charge in [0, 0.05) is 0 Å². The third-order valence-electron chi connectivity index (χ3n) is 3.10. The smallest absolute Gasteiger partial charge is 0.242 e. The van der Waals surface area contributed by atoms with E-state index < -0.39 is 0 Å². The van der Waals surface area contributed by atoms with Crippen LogP contribution in [0.2, 0.25) is 0 Å². The summed E-state index contributed by atoms with van der Waals surface area (Å²) in [4.78, 5) is 12.0. The second-order valence-corrected chi connectivity index (χ2v) is 5.08. The molecule has 1 amide bonds. The van der Waals surface area contributed by atoms with Gasteiger partial charge in [0.1, 0.15) is 0 Å². The lowest BCUT2D eigenvalue weighted by atomic mass is 10.1. The highest BCUT2D eigenvalue weighted by Gasteiger charge is 2.06. The molecule has 21 heavy (non-hydrogen) atoms. The van der Waals surface area contributed by atoms with E-state index in [-0.39, 0.29) is 5.91 Å². The predicted molar refractivity (Wildman–Crippen MR) is 86.1 cm³/mol. The van der Waals surface area contributed by atoms with Gasteiger partial charge in [0.05, 0.1) is 12.1 Å². The van der Waals surface area contributed by atoms with Gasteiger partial charge in [-0.3, -0.25) is 15.6 Å². The van der Waals surface area contributed by atoms with Crippen molar-refractivity contribution in [3.63, 3.8) is 0 Å². The van der Waals surface area contributed by atoms with Crippen molar-refractivity contribution >= 4 is 11.6 Å². The zero-order valence-corrected chi connectivity index (χ0v) is 12.4. The third kappa shape index (κ3) is 4.49. The average Bonchev–Trinajstić information content (AvgIpc) is 2.49. The summed E-state index contributed by atoms with van der Waals surface area (Å²) in [6.07, 6.45) is 0.360. The highest BCUT2D eigenvalue weighted by Crippen LogP contribution is 2.14. The maximum absolute atomic E-state index is 12.0. The number of hydrazine groups is 1. The average molecular weight is 280 g/mol. The molecule has 108 valence electrons. The first-order valence-corrected chi connectivity index (χ1v) is 6.98. The Morgan fingerprint density at radius 3 is 2.00 bits per heavy atom. The summed E-state index contributed by atoms with van der Waals surface area (Å²) in [6.45, 7) is 4.03. The van der Waals surface area contributed by atoms with Gasteiger partial charge in [-0.2, -0.15) is 0 Å². The van der Waals surface area contributed by atoms with Crippen molar-refractivity contribution in [2.24, 2.45) is 0 Å². The maximum atomic E-state index is 12.0. The Morgan fingerprint density at radius 2 is 1.43 bits per heavy atom. The summed E-state index contributed by atoms with van der Waals surface area (Å²) in [7, 11) is 0. The zero-order chi connectivity index (χ0) is 15.1. The van der Waals surface area contributed by atoms with Gasteiger partial charge < -0.3 is 0 Å². The summed E-state index contributed by atoms with van der Waals surface area (Å²) in [5.74, 6) is -0.0594. The first kappa shape index (κ1) is 14.9. The Hall–Kier alpha value is -2.55. The van der Waals surface area contributed by atoms with Crippen LogP contribution in [-0.4, -0.2) is 5.91 Å².